The Hall–Kier alpha value is -1.92. The largest absolute Gasteiger partial charge is 0.293 e. The second-order valence-electron chi connectivity index (χ2n) is 4.11. The zero-order valence-electron chi connectivity index (χ0n) is 9.61. The standard InChI is InChI=1S/C15H14O2/c16-14-10-5-11-15(17)13(14)9-4-8-12-6-2-1-3-7-12/h1-4,6-7H,5,8,10-11H2. The van der Waals surface area contributed by atoms with Crippen LogP contribution < -0.4 is 0 Å². The molecule has 1 aromatic carbocycles. The number of carbonyl (C=O) groups excluding carboxylic acids is 2. The van der Waals surface area contributed by atoms with E-state index in [1.807, 2.05) is 30.3 Å². The van der Waals surface area contributed by atoms with Crippen LogP contribution in [0.25, 0.3) is 0 Å². The molecule has 0 radical (unpaired) electrons. The van der Waals surface area contributed by atoms with Gasteiger partial charge in [-0.05, 0) is 24.5 Å². The Bertz CT molecular complexity index is 473. The lowest BCUT2D eigenvalue weighted by atomic mass is 9.93. The molecule has 0 spiro atoms. The van der Waals surface area contributed by atoms with Crippen molar-refractivity contribution in [1.29, 1.82) is 0 Å². The molecule has 1 aliphatic carbocycles. The number of ketones is 2. The number of hydrogen-bond donors (Lipinski definition) is 0. The molecule has 0 aliphatic heterocycles. The van der Waals surface area contributed by atoms with E-state index in [4.69, 9.17) is 0 Å². The summed E-state index contributed by atoms with van der Waals surface area (Å²) in [5.74, 6) is -0.129. The Morgan fingerprint density at radius 2 is 1.71 bits per heavy atom. The predicted octanol–water partition coefficient (Wildman–Crippen LogP) is 2.63. The lowest BCUT2D eigenvalue weighted by Gasteiger charge is -2.08. The Morgan fingerprint density at radius 1 is 1.06 bits per heavy atom. The van der Waals surface area contributed by atoms with Gasteiger partial charge in [0, 0.05) is 12.8 Å². The van der Waals surface area contributed by atoms with Gasteiger partial charge in [-0.1, -0.05) is 30.3 Å². The summed E-state index contributed by atoms with van der Waals surface area (Å²) in [5, 5.41) is 0. The van der Waals surface area contributed by atoms with Crippen LogP contribution in [0.3, 0.4) is 0 Å². The molecule has 2 rings (SSSR count). The predicted molar refractivity (Wildman–Crippen MR) is 65.6 cm³/mol. The van der Waals surface area contributed by atoms with E-state index < -0.39 is 0 Å². The number of allylic oxidation sites excluding steroid dienone is 1. The Morgan fingerprint density at radius 3 is 2.35 bits per heavy atom. The fourth-order valence-electron chi connectivity index (χ4n) is 1.86. The number of Topliss-reactive ketones (excluding diaryl/α,β-unsaturated/α-hetero) is 2. The monoisotopic (exact) mass is 226 g/mol. The number of carbonyl (C=O) groups is 2. The van der Waals surface area contributed by atoms with E-state index in [0.717, 1.165) is 5.56 Å². The van der Waals surface area contributed by atoms with Crippen molar-refractivity contribution in [3.05, 3.63) is 53.3 Å². The number of rotatable bonds is 2. The second kappa shape index (κ2) is 5.42. The van der Waals surface area contributed by atoms with Gasteiger partial charge in [-0.25, -0.2) is 0 Å². The molecule has 0 saturated heterocycles. The first-order valence-corrected chi connectivity index (χ1v) is 5.83. The van der Waals surface area contributed by atoms with Crippen LogP contribution in [0.5, 0.6) is 0 Å². The third-order valence-corrected chi connectivity index (χ3v) is 2.79. The van der Waals surface area contributed by atoms with Crippen molar-refractivity contribution in [2.45, 2.75) is 25.7 Å². The molecule has 1 fully saturated rings. The van der Waals surface area contributed by atoms with Gasteiger partial charge in [-0.3, -0.25) is 9.59 Å². The topological polar surface area (TPSA) is 34.1 Å². The summed E-state index contributed by atoms with van der Waals surface area (Å²) < 4.78 is 0. The van der Waals surface area contributed by atoms with Crippen molar-refractivity contribution in [3.8, 4) is 0 Å². The SMILES string of the molecule is O=C1CCCC(=O)C1=C=CCc1ccccc1. The normalized spacial score (nSPS) is 15.6. The van der Waals surface area contributed by atoms with Crippen LogP contribution in [-0.2, 0) is 16.0 Å². The highest BCUT2D eigenvalue weighted by Crippen LogP contribution is 2.15. The zero-order valence-corrected chi connectivity index (χ0v) is 9.61. The maximum Gasteiger partial charge on any atom is 0.174 e. The van der Waals surface area contributed by atoms with E-state index in [2.05, 4.69) is 5.73 Å². The van der Waals surface area contributed by atoms with Gasteiger partial charge in [0.25, 0.3) is 0 Å². The average molecular weight is 226 g/mol. The molecule has 1 saturated carbocycles. The summed E-state index contributed by atoms with van der Waals surface area (Å²) in [6.07, 6.45) is 4.11. The van der Waals surface area contributed by atoms with Gasteiger partial charge in [0.05, 0.1) is 0 Å². The minimum absolute atomic E-state index is 0.0643. The van der Waals surface area contributed by atoms with Crippen LogP contribution >= 0.6 is 0 Å². The number of hydrogen-bond acceptors (Lipinski definition) is 2. The Balaban J connectivity index is 2.12. The van der Waals surface area contributed by atoms with Gasteiger partial charge >= 0.3 is 0 Å². The van der Waals surface area contributed by atoms with Crippen LogP contribution in [0.1, 0.15) is 24.8 Å². The summed E-state index contributed by atoms with van der Waals surface area (Å²) >= 11 is 0. The maximum absolute atomic E-state index is 11.5. The van der Waals surface area contributed by atoms with Crippen molar-refractivity contribution < 1.29 is 9.59 Å². The quantitative estimate of drug-likeness (QED) is 0.441. The van der Waals surface area contributed by atoms with Crippen molar-refractivity contribution in [2.24, 2.45) is 0 Å². The third kappa shape index (κ3) is 3.02. The minimum Gasteiger partial charge on any atom is -0.293 e. The molecule has 0 amide bonds. The van der Waals surface area contributed by atoms with Crippen molar-refractivity contribution in [2.75, 3.05) is 0 Å². The molecule has 2 heteroatoms. The minimum atomic E-state index is -0.0643. The third-order valence-electron chi connectivity index (χ3n) is 2.79. The van der Waals surface area contributed by atoms with E-state index in [1.54, 1.807) is 6.08 Å². The molecule has 0 heterocycles. The molecule has 2 nitrogen and oxygen atoms in total. The molecule has 86 valence electrons. The van der Waals surface area contributed by atoms with Crippen molar-refractivity contribution in [3.63, 3.8) is 0 Å². The van der Waals surface area contributed by atoms with Crippen LogP contribution in [0.2, 0.25) is 0 Å². The summed E-state index contributed by atoms with van der Waals surface area (Å²) in [7, 11) is 0. The Kier molecular flexibility index (Phi) is 3.69. The zero-order chi connectivity index (χ0) is 12.1. The fourth-order valence-corrected chi connectivity index (χ4v) is 1.86. The fraction of sp³-hybridized carbons (Fsp3) is 0.267. The van der Waals surface area contributed by atoms with Gasteiger partial charge < -0.3 is 0 Å². The lowest BCUT2D eigenvalue weighted by Crippen LogP contribution is -2.17. The number of benzene rings is 1. The summed E-state index contributed by atoms with van der Waals surface area (Å²) in [5.41, 5.74) is 4.27. The summed E-state index contributed by atoms with van der Waals surface area (Å²) in [6, 6.07) is 9.90. The van der Waals surface area contributed by atoms with Crippen LogP contribution in [0, 0.1) is 0 Å². The highest BCUT2D eigenvalue weighted by Gasteiger charge is 2.22. The van der Waals surface area contributed by atoms with Gasteiger partial charge in [0.1, 0.15) is 5.57 Å². The maximum atomic E-state index is 11.5. The second-order valence-corrected chi connectivity index (χ2v) is 4.11. The van der Waals surface area contributed by atoms with E-state index >= 15 is 0 Å². The first kappa shape index (κ1) is 11.6. The average Bonchev–Trinajstić information content (AvgIpc) is 2.34. The van der Waals surface area contributed by atoms with Crippen LogP contribution in [-0.4, -0.2) is 11.6 Å². The summed E-state index contributed by atoms with van der Waals surface area (Å²) in [4.78, 5) is 23.0. The molecule has 0 atom stereocenters. The molecule has 0 aromatic heterocycles. The van der Waals surface area contributed by atoms with Gasteiger partial charge in [0.15, 0.2) is 11.6 Å². The smallest absolute Gasteiger partial charge is 0.174 e. The molecular formula is C15H14O2. The molecule has 1 aromatic rings. The van der Waals surface area contributed by atoms with E-state index in [1.165, 1.54) is 0 Å². The van der Waals surface area contributed by atoms with Crippen molar-refractivity contribution >= 4 is 11.6 Å². The highest BCUT2D eigenvalue weighted by atomic mass is 16.1. The van der Waals surface area contributed by atoms with Gasteiger partial charge in [0.2, 0.25) is 0 Å². The highest BCUT2D eigenvalue weighted by molar-refractivity contribution is 6.21. The molecule has 1 aliphatic rings. The van der Waals surface area contributed by atoms with Gasteiger partial charge in [-0.2, -0.15) is 0 Å². The van der Waals surface area contributed by atoms with Gasteiger partial charge in [-0.15, -0.1) is 5.73 Å². The molecule has 0 unspecified atom stereocenters. The molecule has 17 heavy (non-hydrogen) atoms. The first-order chi connectivity index (χ1) is 8.27. The Labute approximate surface area is 101 Å². The van der Waals surface area contributed by atoms with Crippen LogP contribution in [0.4, 0.5) is 0 Å². The van der Waals surface area contributed by atoms with E-state index in [0.29, 0.717) is 25.7 Å². The molecular weight excluding hydrogens is 212 g/mol. The lowest BCUT2D eigenvalue weighted by molar-refractivity contribution is -0.123. The van der Waals surface area contributed by atoms with Crippen LogP contribution in [0.15, 0.2) is 47.7 Å². The summed E-state index contributed by atoms with van der Waals surface area (Å²) in [6.45, 7) is 0. The first-order valence-electron chi connectivity index (χ1n) is 5.83. The molecule has 0 N–H and O–H groups in total. The molecule has 0 bridgehead atoms. The van der Waals surface area contributed by atoms with Crippen molar-refractivity contribution in [1.82, 2.24) is 0 Å². The van der Waals surface area contributed by atoms with E-state index in [-0.39, 0.29) is 17.1 Å². The van der Waals surface area contributed by atoms with E-state index in [9.17, 15) is 9.59 Å².